The molecule has 0 aliphatic heterocycles. The number of nitrogens with one attached hydrogen (secondary N) is 2. The lowest BCUT2D eigenvalue weighted by Crippen LogP contribution is -2.24. The van der Waals surface area contributed by atoms with E-state index in [0.29, 0.717) is 11.4 Å². The van der Waals surface area contributed by atoms with Crippen LogP contribution in [0.4, 0.5) is 0 Å². The van der Waals surface area contributed by atoms with E-state index in [0.717, 1.165) is 46.0 Å². The number of fused-ring (bicyclic) bond motifs is 1. The van der Waals surface area contributed by atoms with Gasteiger partial charge in [-0.25, -0.2) is 9.97 Å². The number of carbonyl (C=O) groups is 1. The molecule has 0 saturated carbocycles. The van der Waals surface area contributed by atoms with Gasteiger partial charge in [0.25, 0.3) is 5.91 Å². The lowest BCUT2D eigenvalue weighted by molar-refractivity contribution is 0.0956. The summed E-state index contributed by atoms with van der Waals surface area (Å²) in [6.07, 6.45) is 1.63. The van der Waals surface area contributed by atoms with Crippen molar-refractivity contribution >= 4 is 28.3 Å². The van der Waals surface area contributed by atoms with Crippen molar-refractivity contribution in [2.24, 2.45) is 0 Å². The Morgan fingerprint density at radius 2 is 1.85 bits per heavy atom. The minimum atomic E-state index is -0.0585. The maximum Gasteiger partial charge on any atom is 0.263 e. The summed E-state index contributed by atoms with van der Waals surface area (Å²) in [5, 5.41) is 3.87. The first kappa shape index (κ1) is 17.4. The standard InChI is InChI=1S/C21H20N4OS/c1-14-19(27-21(23-14)15-8-3-2-4-9-15)20(26)22-13-7-12-18-24-16-10-5-6-11-17(16)25-18/h2-6,8-11H,7,12-13H2,1H3,(H,22,26)(H,24,25). The average Bonchev–Trinajstić information content (AvgIpc) is 3.29. The van der Waals surface area contributed by atoms with Gasteiger partial charge in [0.15, 0.2) is 0 Å². The van der Waals surface area contributed by atoms with Gasteiger partial charge in [0.05, 0.1) is 16.7 Å². The Morgan fingerprint density at radius 3 is 2.67 bits per heavy atom. The number of H-pyrrole nitrogens is 1. The van der Waals surface area contributed by atoms with Gasteiger partial charge >= 0.3 is 0 Å². The minimum Gasteiger partial charge on any atom is -0.351 e. The van der Waals surface area contributed by atoms with E-state index in [9.17, 15) is 4.79 Å². The summed E-state index contributed by atoms with van der Waals surface area (Å²) in [5.41, 5.74) is 3.83. The molecule has 136 valence electrons. The van der Waals surface area contributed by atoms with Gasteiger partial charge in [0.1, 0.15) is 15.7 Å². The van der Waals surface area contributed by atoms with Crippen LogP contribution in [0.1, 0.15) is 27.6 Å². The Morgan fingerprint density at radius 1 is 1.07 bits per heavy atom. The van der Waals surface area contributed by atoms with E-state index in [1.54, 1.807) is 0 Å². The number of thiazole rings is 1. The van der Waals surface area contributed by atoms with Crippen LogP contribution in [0.3, 0.4) is 0 Å². The Kier molecular flexibility index (Phi) is 4.98. The van der Waals surface area contributed by atoms with E-state index in [1.807, 2.05) is 61.5 Å². The molecule has 2 aromatic heterocycles. The third-order valence-corrected chi connectivity index (χ3v) is 5.54. The molecule has 2 N–H and O–H groups in total. The van der Waals surface area contributed by atoms with E-state index < -0.39 is 0 Å². The normalized spacial score (nSPS) is 11.0. The van der Waals surface area contributed by atoms with Crippen molar-refractivity contribution in [1.82, 2.24) is 20.3 Å². The van der Waals surface area contributed by atoms with Crippen molar-refractivity contribution < 1.29 is 4.79 Å². The van der Waals surface area contributed by atoms with Crippen LogP contribution >= 0.6 is 11.3 Å². The highest BCUT2D eigenvalue weighted by atomic mass is 32.1. The molecule has 0 fully saturated rings. The van der Waals surface area contributed by atoms with Crippen LogP contribution in [0.15, 0.2) is 54.6 Å². The monoisotopic (exact) mass is 376 g/mol. The molecule has 4 rings (SSSR count). The second kappa shape index (κ2) is 7.72. The fraction of sp³-hybridized carbons (Fsp3) is 0.190. The first-order chi connectivity index (χ1) is 13.2. The first-order valence-corrected chi connectivity index (χ1v) is 9.77. The number of aromatic amines is 1. The SMILES string of the molecule is Cc1nc(-c2ccccc2)sc1C(=O)NCCCc1nc2ccccc2[nH]1. The van der Waals surface area contributed by atoms with Gasteiger partial charge in [0, 0.05) is 18.5 Å². The van der Waals surface area contributed by atoms with Crippen LogP contribution in [0, 0.1) is 6.92 Å². The molecule has 2 heterocycles. The van der Waals surface area contributed by atoms with Crippen LogP contribution in [0.5, 0.6) is 0 Å². The van der Waals surface area contributed by atoms with Crippen LogP contribution in [0.2, 0.25) is 0 Å². The Labute approximate surface area is 161 Å². The molecular formula is C21H20N4OS. The quantitative estimate of drug-likeness (QED) is 0.491. The molecule has 27 heavy (non-hydrogen) atoms. The van der Waals surface area contributed by atoms with Crippen LogP contribution in [-0.4, -0.2) is 27.4 Å². The fourth-order valence-corrected chi connectivity index (χ4v) is 3.96. The van der Waals surface area contributed by atoms with Crippen molar-refractivity contribution in [2.45, 2.75) is 19.8 Å². The number of aromatic nitrogens is 3. The molecule has 1 amide bonds. The van der Waals surface area contributed by atoms with Gasteiger partial charge < -0.3 is 10.3 Å². The lowest BCUT2D eigenvalue weighted by atomic mass is 10.2. The number of aryl methyl sites for hydroxylation is 2. The van der Waals surface area contributed by atoms with Gasteiger partial charge in [-0.1, -0.05) is 42.5 Å². The molecule has 6 heteroatoms. The highest BCUT2D eigenvalue weighted by Gasteiger charge is 2.15. The predicted molar refractivity (Wildman–Crippen MR) is 109 cm³/mol. The molecule has 0 unspecified atom stereocenters. The van der Waals surface area contributed by atoms with Gasteiger partial charge in [-0.15, -0.1) is 11.3 Å². The van der Waals surface area contributed by atoms with E-state index >= 15 is 0 Å². The summed E-state index contributed by atoms with van der Waals surface area (Å²) in [6.45, 7) is 2.49. The number of hydrogen-bond donors (Lipinski definition) is 2. The molecule has 0 aliphatic rings. The number of hydrogen-bond acceptors (Lipinski definition) is 4. The van der Waals surface area contributed by atoms with E-state index in [1.165, 1.54) is 11.3 Å². The second-order valence-electron chi connectivity index (χ2n) is 6.36. The molecule has 0 radical (unpaired) electrons. The zero-order valence-electron chi connectivity index (χ0n) is 15.0. The maximum atomic E-state index is 12.5. The number of para-hydroxylation sites is 2. The van der Waals surface area contributed by atoms with E-state index in [-0.39, 0.29) is 5.91 Å². The number of benzene rings is 2. The number of rotatable bonds is 6. The number of nitrogens with zero attached hydrogens (tertiary/aromatic N) is 2. The van der Waals surface area contributed by atoms with Crippen molar-refractivity contribution in [1.29, 1.82) is 0 Å². The van der Waals surface area contributed by atoms with Gasteiger partial charge in [-0.2, -0.15) is 0 Å². The maximum absolute atomic E-state index is 12.5. The molecule has 5 nitrogen and oxygen atoms in total. The van der Waals surface area contributed by atoms with Crippen molar-refractivity contribution in [3.05, 3.63) is 71.0 Å². The molecule has 0 bridgehead atoms. The van der Waals surface area contributed by atoms with E-state index in [4.69, 9.17) is 0 Å². The summed E-state index contributed by atoms with van der Waals surface area (Å²) in [5.74, 6) is 0.891. The zero-order chi connectivity index (χ0) is 18.6. The second-order valence-corrected chi connectivity index (χ2v) is 7.36. The Hall–Kier alpha value is -2.99. The zero-order valence-corrected chi connectivity index (χ0v) is 15.8. The minimum absolute atomic E-state index is 0.0585. The van der Waals surface area contributed by atoms with Crippen molar-refractivity contribution in [2.75, 3.05) is 6.54 Å². The van der Waals surface area contributed by atoms with Crippen LogP contribution in [0.25, 0.3) is 21.6 Å². The molecule has 0 atom stereocenters. The van der Waals surface area contributed by atoms with Gasteiger partial charge in [-0.3, -0.25) is 4.79 Å². The van der Waals surface area contributed by atoms with Gasteiger partial charge in [-0.05, 0) is 25.5 Å². The summed E-state index contributed by atoms with van der Waals surface area (Å²) >= 11 is 1.44. The highest BCUT2D eigenvalue weighted by Crippen LogP contribution is 2.27. The van der Waals surface area contributed by atoms with Crippen molar-refractivity contribution in [3.63, 3.8) is 0 Å². The third-order valence-electron chi connectivity index (χ3n) is 4.34. The van der Waals surface area contributed by atoms with Crippen LogP contribution < -0.4 is 5.32 Å². The summed E-state index contributed by atoms with van der Waals surface area (Å²) < 4.78 is 0. The first-order valence-electron chi connectivity index (χ1n) is 8.95. The molecule has 0 spiro atoms. The van der Waals surface area contributed by atoms with Gasteiger partial charge in [0.2, 0.25) is 0 Å². The summed E-state index contributed by atoms with van der Waals surface area (Å²) in [4.78, 5) is 25.6. The van der Waals surface area contributed by atoms with Crippen LogP contribution in [-0.2, 0) is 6.42 Å². The Balaban J connectivity index is 1.33. The predicted octanol–water partition coefficient (Wildman–Crippen LogP) is 4.36. The average molecular weight is 376 g/mol. The molecule has 4 aromatic rings. The molecular weight excluding hydrogens is 356 g/mol. The third kappa shape index (κ3) is 3.90. The lowest BCUT2D eigenvalue weighted by Gasteiger charge is -2.03. The smallest absolute Gasteiger partial charge is 0.263 e. The topological polar surface area (TPSA) is 70.7 Å². The van der Waals surface area contributed by atoms with E-state index in [2.05, 4.69) is 20.3 Å². The highest BCUT2D eigenvalue weighted by molar-refractivity contribution is 7.17. The summed E-state index contributed by atoms with van der Waals surface area (Å²) in [7, 11) is 0. The molecule has 0 saturated heterocycles. The Bertz CT molecular complexity index is 1040. The number of amides is 1. The fourth-order valence-electron chi connectivity index (χ4n) is 2.97. The number of carbonyl (C=O) groups excluding carboxylic acids is 1. The molecule has 2 aromatic carbocycles. The molecule has 0 aliphatic carbocycles. The number of imidazole rings is 1. The van der Waals surface area contributed by atoms with Crippen molar-refractivity contribution in [3.8, 4) is 10.6 Å². The largest absolute Gasteiger partial charge is 0.351 e. The summed E-state index contributed by atoms with van der Waals surface area (Å²) in [6, 6.07) is 17.9.